The summed E-state index contributed by atoms with van der Waals surface area (Å²) in [6, 6.07) is 11.7. The van der Waals surface area contributed by atoms with Gasteiger partial charge in [0.05, 0.1) is 12.2 Å². The Morgan fingerprint density at radius 3 is 2.58 bits per heavy atom. The first-order chi connectivity index (χ1) is 12.5. The Labute approximate surface area is 153 Å². The van der Waals surface area contributed by atoms with Crippen LogP contribution in [0.4, 0.5) is 5.69 Å². The van der Waals surface area contributed by atoms with Crippen LogP contribution in [0.25, 0.3) is 11.1 Å². The van der Waals surface area contributed by atoms with E-state index in [0.717, 1.165) is 18.4 Å². The molecule has 0 atom stereocenters. The highest BCUT2D eigenvalue weighted by molar-refractivity contribution is 6.03. The average Bonchev–Trinajstić information content (AvgIpc) is 2.61. The molecule has 0 amide bonds. The van der Waals surface area contributed by atoms with E-state index in [2.05, 4.69) is 6.92 Å². The van der Waals surface area contributed by atoms with Gasteiger partial charge in [-0.1, -0.05) is 44.4 Å². The second-order valence-electron chi connectivity index (χ2n) is 5.96. The summed E-state index contributed by atoms with van der Waals surface area (Å²) in [5, 5.41) is 7.17. The zero-order valence-corrected chi connectivity index (χ0v) is 15.0. The van der Waals surface area contributed by atoms with E-state index in [-0.39, 0.29) is 5.56 Å². The van der Waals surface area contributed by atoms with Crippen LogP contribution < -0.4 is 16.2 Å². The number of hydrogen-bond acceptors (Lipinski definition) is 5. The molecule has 5 N–H and O–H groups in total. The number of rotatable bonds is 8. The van der Waals surface area contributed by atoms with E-state index in [9.17, 15) is 4.79 Å². The van der Waals surface area contributed by atoms with Crippen molar-refractivity contribution >= 4 is 17.7 Å². The second kappa shape index (κ2) is 9.46. The predicted octanol–water partition coefficient (Wildman–Crippen LogP) is 3.95. The fourth-order valence-corrected chi connectivity index (χ4v) is 2.64. The Hall–Kier alpha value is -3.02. The van der Waals surface area contributed by atoms with Gasteiger partial charge in [-0.15, -0.1) is 0 Å². The molecule has 2 aromatic carbocycles. The summed E-state index contributed by atoms with van der Waals surface area (Å²) in [4.78, 5) is 12.3. The molecule has 0 aliphatic rings. The van der Waals surface area contributed by atoms with Gasteiger partial charge in [0.25, 0.3) is 6.02 Å². The maximum Gasteiger partial charge on any atom is 0.346 e. The minimum atomic E-state index is -0.703. The lowest BCUT2D eigenvalue weighted by Gasteiger charge is -2.15. The molecule has 0 saturated carbocycles. The molecule has 2 rings (SSSR count). The van der Waals surface area contributed by atoms with Crippen LogP contribution in [0.3, 0.4) is 0 Å². The number of benzene rings is 2. The molecule has 0 aliphatic carbocycles. The molecular formula is C20H25N3O3. The van der Waals surface area contributed by atoms with Crippen molar-refractivity contribution in [2.24, 2.45) is 5.73 Å². The first kappa shape index (κ1) is 19.3. The lowest BCUT2D eigenvalue weighted by molar-refractivity contribution is 0.0713. The van der Waals surface area contributed by atoms with Gasteiger partial charge in [-0.3, -0.25) is 5.41 Å². The molecule has 26 heavy (non-hydrogen) atoms. The van der Waals surface area contributed by atoms with Crippen LogP contribution in [0.2, 0.25) is 0 Å². The first-order valence-electron chi connectivity index (χ1n) is 8.71. The topological polar surface area (TPSA) is 111 Å². The highest BCUT2D eigenvalue weighted by atomic mass is 16.5. The molecule has 0 heterocycles. The van der Waals surface area contributed by atoms with Crippen LogP contribution in [0.15, 0.2) is 42.5 Å². The Morgan fingerprint density at radius 2 is 1.85 bits per heavy atom. The van der Waals surface area contributed by atoms with Crippen LogP contribution in [0.1, 0.15) is 43.0 Å². The first-order valence-corrected chi connectivity index (χ1v) is 8.71. The number of nitrogens with two attached hydrogens (primary N) is 2. The number of anilines is 1. The van der Waals surface area contributed by atoms with E-state index in [0.29, 0.717) is 23.6 Å². The summed E-state index contributed by atoms with van der Waals surface area (Å²) in [6.07, 6.45) is 4.44. The fourth-order valence-electron chi connectivity index (χ4n) is 2.64. The highest BCUT2D eigenvalue weighted by Gasteiger charge is 2.18. The largest absolute Gasteiger partial charge is 0.493 e. The van der Waals surface area contributed by atoms with Gasteiger partial charge in [0.1, 0.15) is 5.75 Å². The van der Waals surface area contributed by atoms with E-state index in [1.54, 1.807) is 18.2 Å². The Morgan fingerprint density at radius 1 is 1.08 bits per heavy atom. The maximum atomic E-state index is 12.3. The molecule has 0 aliphatic heterocycles. The quantitative estimate of drug-likeness (QED) is 0.218. The zero-order valence-electron chi connectivity index (χ0n) is 15.0. The third kappa shape index (κ3) is 5.24. The molecule has 0 fully saturated rings. The van der Waals surface area contributed by atoms with Gasteiger partial charge in [0.2, 0.25) is 0 Å². The van der Waals surface area contributed by atoms with Crippen LogP contribution in [-0.4, -0.2) is 18.6 Å². The standard InChI is InChI=1S/C20H25N3O3/c1-2-3-4-7-12-25-18-9-6-5-8-15(18)17-13-14(21)10-11-16(17)19(24)26-20(22)23/h5-6,8-11,13H,2-4,7,12,21H2,1H3,(H3,22,23). The van der Waals surface area contributed by atoms with Crippen molar-refractivity contribution in [3.05, 3.63) is 48.0 Å². The van der Waals surface area contributed by atoms with Gasteiger partial charge >= 0.3 is 5.97 Å². The summed E-state index contributed by atoms with van der Waals surface area (Å²) in [5.74, 6) is -0.0308. The number of ether oxygens (including phenoxy) is 2. The van der Waals surface area contributed by atoms with Gasteiger partial charge in [-0.25, -0.2) is 4.79 Å². The Balaban J connectivity index is 2.31. The lowest BCUT2D eigenvalue weighted by Crippen LogP contribution is -2.20. The Bertz CT molecular complexity index is 775. The molecule has 0 unspecified atom stereocenters. The SMILES string of the molecule is CCCCCCOc1ccccc1-c1cc(N)ccc1C(=O)OC(=N)N. The number of hydrogen-bond donors (Lipinski definition) is 3. The fraction of sp³-hybridized carbons (Fsp3) is 0.300. The normalized spacial score (nSPS) is 10.3. The summed E-state index contributed by atoms with van der Waals surface area (Å²) < 4.78 is 10.7. The van der Waals surface area contributed by atoms with Crippen molar-refractivity contribution in [2.45, 2.75) is 32.6 Å². The van der Waals surface area contributed by atoms with Crippen molar-refractivity contribution in [2.75, 3.05) is 12.3 Å². The molecule has 138 valence electrons. The van der Waals surface area contributed by atoms with Crippen molar-refractivity contribution in [3.8, 4) is 16.9 Å². The zero-order chi connectivity index (χ0) is 18.9. The Kier molecular flexibility index (Phi) is 7.02. The van der Waals surface area contributed by atoms with E-state index >= 15 is 0 Å². The number of esters is 1. The molecule has 0 saturated heterocycles. The van der Waals surface area contributed by atoms with Crippen LogP contribution in [0.5, 0.6) is 5.75 Å². The molecule has 0 spiro atoms. The number of amidine groups is 1. The molecular weight excluding hydrogens is 330 g/mol. The van der Waals surface area contributed by atoms with Crippen molar-refractivity contribution in [1.82, 2.24) is 0 Å². The van der Waals surface area contributed by atoms with E-state index in [1.807, 2.05) is 24.3 Å². The summed E-state index contributed by atoms with van der Waals surface area (Å²) in [7, 11) is 0. The van der Waals surface area contributed by atoms with E-state index < -0.39 is 12.0 Å². The van der Waals surface area contributed by atoms with Crippen LogP contribution in [0, 0.1) is 5.41 Å². The minimum absolute atomic E-state index is 0.274. The van der Waals surface area contributed by atoms with Gasteiger partial charge in [0, 0.05) is 16.8 Å². The van der Waals surface area contributed by atoms with Crippen LogP contribution >= 0.6 is 0 Å². The van der Waals surface area contributed by atoms with Gasteiger partial charge in [0.15, 0.2) is 0 Å². The minimum Gasteiger partial charge on any atom is -0.493 e. The van der Waals surface area contributed by atoms with E-state index in [1.165, 1.54) is 12.8 Å². The summed E-state index contributed by atoms with van der Waals surface area (Å²) in [5.41, 5.74) is 13.2. The highest BCUT2D eigenvalue weighted by Crippen LogP contribution is 2.34. The molecule has 6 heteroatoms. The molecule has 0 radical (unpaired) electrons. The third-order valence-corrected chi connectivity index (χ3v) is 3.90. The number of nitrogens with one attached hydrogen (secondary N) is 1. The summed E-state index contributed by atoms with van der Waals surface area (Å²) >= 11 is 0. The number of para-hydroxylation sites is 1. The third-order valence-electron chi connectivity index (χ3n) is 3.90. The van der Waals surface area contributed by atoms with E-state index in [4.69, 9.17) is 26.4 Å². The monoisotopic (exact) mass is 355 g/mol. The molecule has 0 bridgehead atoms. The summed E-state index contributed by atoms with van der Waals surface area (Å²) in [6.45, 7) is 2.77. The number of unbranched alkanes of at least 4 members (excludes halogenated alkanes) is 3. The lowest BCUT2D eigenvalue weighted by atomic mass is 9.98. The number of carbonyl (C=O) groups is 1. The molecule has 6 nitrogen and oxygen atoms in total. The number of nitrogen functional groups attached to an aromatic ring is 1. The van der Waals surface area contributed by atoms with Crippen LogP contribution in [-0.2, 0) is 4.74 Å². The van der Waals surface area contributed by atoms with Gasteiger partial charge in [-0.2, -0.15) is 0 Å². The van der Waals surface area contributed by atoms with Gasteiger partial charge < -0.3 is 20.9 Å². The molecule has 0 aromatic heterocycles. The smallest absolute Gasteiger partial charge is 0.346 e. The van der Waals surface area contributed by atoms with Crippen molar-refractivity contribution in [3.63, 3.8) is 0 Å². The van der Waals surface area contributed by atoms with Crippen molar-refractivity contribution < 1.29 is 14.3 Å². The number of carbonyl (C=O) groups excluding carboxylic acids is 1. The molecule has 2 aromatic rings. The van der Waals surface area contributed by atoms with Crippen molar-refractivity contribution in [1.29, 1.82) is 5.41 Å². The predicted molar refractivity (Wildman–Crippen MR) is 103 cm³/mol. The second-order valence-corrected chi connectivity index (χ2v) is 5.96. The van der Waals surface area contributed by atoms with Gasteiger partial charge in [-0.05, 0) is 30.7 Å². The average molecular weight is 355 g/mol. The maximum absolute atomic E-state index is 12.3.